The fourth-order valence-electron chi connectivity index (χ4n) is 3.15. The molecule has 0 spiro atoms. The Hall–Kier alpha value is -2.11. The van der Waals surface area contributed by atoms with Gasteiger partial charge in [0.2, 0.25) is 0 Å². The number of hydrogen-bond acceptors (Lipinski definition) is 3. The van der Waals surface area contributed by atoms with E-state index in [1.54, 1.807) is 42.7 Å². The predicted molar refractivity (Wildman–Crippen MR) is 95.6 cm³/mol. The average molecular weight is 348 g/mol. The number of aromatic nitrogens is 1. The highest BCUT2D eigenvalue weighted by Crippen LogP contribution is 2.29. The number of nitrogens with one attached hydrogen (secondary N) is 2. The van der Waals surface area contributed by atoms with Crippen molar-refractivity contribution >= 4 is 24.1 Å². The second kappa shape index (κ2) is 7.64. The summed E-state index contributed by atoms with van der Waals surface area (Å²) < 4.78 is 0. The SMILES string of the molecule is Cl.NCC1(NC(=O)c2ccc(C(=O)c3cc[nH]c3)cc2)CCCC1. The number of carbonyl (C=O) groups is 2. The van der Waals surface area contributed by atoms with Gasteiger partial charge >= 0.3 is 0 Å². The van der Waals surface area contributed by atoms with Crippen molar-refractivity contribution in [1.82, 2.24) is 10.3 Å². The van der Waals surface area contributed by atoms with Crippen molar-refractivity contribution in [2.75, 3.05) is 6.54 Å². The molecular formula is C18H22ClN3O2. The maximum absolute atomic E-state index is 12.4. The van der Waals surface area contributed by atoms with Crippen LogP contribution < -0.4 is 11.1 Å². The van der Waals surface area contributed by atoms with E-state index in [1.807, 2.05) is 0 Å². The smallest absolute Gasteiger partial charge is 0.251 e. The van der Waals surface area contributed by atoms with Crippen LogP contribution in [0.15, 0.2) is 42.7 Å². The molecule has 6 heteroatoms. The van der Waals surface area contributed by atoms with Gasteiger partial charge in [0.1, 0.15) is 0 Å². The number of carbonyl (C=O) groups excluding carboxylic acids is 2. The van der Waals surface area contributed by atoms with Crippen LogP contribution in [0.2, 0.25) is 0 Å². The second-order valence-electron chi connectivity index (χ2n) is 6.15. The van der Waals surface area contributed by atoms with E-state index in [0.717, 1.165) is 25.7 Å². The minimum Gasteiger partial charge on any atom is -0.367 e. The number of H-pyrrole nitrogens is 1. The van der Waals surface area contributed by atoms with Crippen molar-refractivity contribution in [1.29, 1.82) is 0 Å². The zero-order valence-electron chi connectivity index (χ0n) is 13.4. The number of aromatic amines is 1. The third-order valence-electron chi connectivity index (χ3n) is 4.60. The highest BCUT2D eigenvalue weighted by Gasteiger charge is 2.34. The quantitative estimate of drug-likeness (QED) is 0.726. The molecule has 1 aliphatic rings. The summed E-state index contributed by atoms with van der Waals surface area (Å²) in [6.07, 6.45) is 7.43. The Bertz CT molecular complexity index is 690. The van der Waals surface area contributed by atoms with Crippen LogP contribution >= 0.6 is 12.4 Å². The van der Waals surface area contributed by atoms with Crippen molar-refractivity contribution in [2.45, 2.75) is 31.2 Å². The molecule has 1 heterocycles. The number of halogens is 1. The van der Waals surface area contributed by atoms with Crippen LogP contribution in [-0.4, -0.2) is 28.8 Å². The van der Waals surface area contributed by atoms with E-state index in [2.05, 4.69) is 10.3 Å². The summed E-state index contributed by atoms with van der Waals surface area (Å²) in [5, 5.41) is 3.08. The first-order valence-electron chi connectivity index (χ1n) is 7.94. The van der Waals surface area contributed by atoms with Crippen LogP contribution in [0.3, 0.4) is 0 Å². The van der Waals surface area contributed by atoms with Crippen LogP contribution in [0.25, 0.3) is 0 Å². The van der Waals surface area contributed by atoms with Crippen LogP contribution in [-0.2, 0) is 0 Å². The maximum atomic E-state index is 12.4. The Morgan fingerprint density at radius 3 is 2.21 bits per heavy atom. The number of ketones is 1. The van der Waals surface area contributed by atoms with Crippen molar-refractivity contribution < 1.29 is 9.59 Å². The summed E-state index contributed by atoms with van der Waals surface area (Å²) in [4.78, 5) is 27.5. The first-order chi connectivity index (χ1) is 11.1. The first-order valence-corrected chi connectivity index (χ1v) is 7.94. The molecule has 0 atom stereocenters. The molecule has 0 bridgehead atoms. The van der Waals surface area contributed by atoms with Crippen LogP contribution in [0, 0.1) is 0 Å². The highest BCUT2D eigenvalue weighted by atomic mass is 35.5. The summed E-state index contributed by atoms with van der Waals surface area (Å²) in [6, 6.07) is 8.48. The van der Waals surface area contributed by atoms with Gasteiger partial charge in [0.05, 0.1) is 5.54 Å². The molecule has 0 saturated heterocycles. The van der Waals surface area contributed by atoms with E-state index in [1.165, 1.54) is 0 Å². The van der Waals surface area contributed by atoms with E-state index >= 15 is 0 Å². The molecule has 0 unspecified atom stereocenters. The monoisotopic (exact) mass is 347 g/mol. The maximum Gasteiger partial charge on any atom is 0.251 e. The zero-order chi connectivity index (χ0) is 16.3. The Kier molecular flexibility index (Phi) is 5.80. The molecule has 128 valence electrons. The van der Waals surface area contributed by atoms with Gasteiger partial charge in [0, 0.05) is 35.6 Å². The van der Waals surface area contributed by atoms with Crippen LogP contribution in [0.1, 0.15) is 52.0 Å². The van der Waals surface area contributed by atoms with Crippen molar-refractivity contribution in [3.63, 3.8) is 0 Å². The standard InChI is InChI=1S/C18H21N3O2.ClH/c19-12-18(8-1-2-9-18)21-17(23)14-5-3-13(4-6-14)16(22)15-7-10-20-11-15;/h3-7,10-11,20H,1-2,8-9,12,19H2,(H,21,23);1H. The van der Waals surface area contributed by atoms with Gasteiger partial charge in [-0.3, -0.25) is 9.59 Å². The van der Waals surface area contributed by atoms with Gasteiger partial charge in [-0.2, -0.15) is 0 Å². The molecule has 1 aliphatic carbocycles. The molecule has 1 amide bonds. The lowest BCUT2D eigenvalue weighted by Crippen LogP contribution is -2.51. The lowest BCUT2D eigenvalue weighted by Gasteiger charge is -2.28. The summed E-state index contributed by atoms with van der Waals surface area (Å²) in [7, 11) is 0. The lowest BCUT2D eigenvalue weighted by molar-refractivity contribution is 0.0902. The Morgan fingerprint density at radius 1 is 1.04 bits per heavy atom. The number of rotatable bonds is 5. The molecule has 3 rings (SSSR count). The number of amides is 1. The topological polar surface area (TPSA) is 88.0 Å². The summed E-state index contributed by atoms with van der Waals surface area (Å²) >= 11 is 0. The number of nitrogens with two attached hydrogens (primary N) is 1. The van der Waals surface area contributed by atoms with Gasteiger partial charge < -0.3 is 16.0 Å². The minimum absolute atomic E-state index is 0. The summed E-state index contributed by atoms with van der Waals surface area (Å²) in [6.45, 7) is 0.461. The van der Waals surface area contributed by atoms with E-state index in [-0.39, 0.29) is 29.6 Å². The number of benzene rings is 1. The largest absolute Gasteiger partial charge is 0.367 e. The van der Waals surface area contributed by atoms with Crippen molar-refractivity contribution in [2.24, 2.45) is 5.73 Å². The van der Waals surface area contributed by atoms with Gasteiger partial charge in [0.25, 0.3) is 5.91 Å². The van der Waals surface area contributed by atoms with Gasteiger partial charge in [-0.05, 0) is 31.0 Å². The summed E-state index contributed by atoms with van der Waals surface area (Å²) in [5.41, 5.74) is 7.31. The second-order valence-corrected chi connectivity index (χ2v) is 6.15. The predicted octanol–water partition coefficient (Wildman–Crippen LogP) is 2.67. The van der Waals surface area contributed by atoms with Gasteiger partial charge in [-0.25, -0.2) is 0 Å². The molecule has 1 saturated carbocycles. The van der Waals surface area contributed by atoms with E-state index in [0.29, 0.717) is 23.2 Å². The Labute approximate surface area is 147 Å². The van der Waals surface area contributed by atoms with E-state index in [9.17, 15) is 9.59 Å². The van der Waals surface area contributed by atoms with Gasteiger partial charge in [-0.1, -0.05) is 25.0 Å². The fraction of sp³-hybridized carbons (Fsp3) is 0.333. The molecule has 24 heavy (non-hydrogen) atoms. The first kappa shape index (κ1) is 18.2. The van der Waals surface area contributed by atoms with Crippen molar-refractivity contribution in [3.8, 4) is 0 Å². The summed E-state index contributed by atoms with van der Waals surface area (Å²) in [5.74, 6) is -0.189. The molecule has 4 N–H and O–H groups in total. The van der Waals surface area contributed by atoms with Gasteiger partial charge in [0.15, 0.2) is 5.78 Å². The zero-order valence-corrected chi connectivity index (χ0v) is 14.2. The average Bonchev–Trinajstić information content (AvgIpc) is 3.26. The van der Waals surface area contributed by atoms with Crippen molar-refractivity contribution in [3.05, 3.63) is 59.4 Å². The Balaban J connectivity index is 0.00000208. The molecule has 0 aliphatic heterocycles. The molecule has 2 aromatic rings. The number of hydrogen-bond donors (Lipinski definition) is 3. The third-order valence-corrected chi connectivity index (χ3v) is 4.60. The lowest BCUT2D eigenvalue weighted by atomic mass is 9.97. The molecule has 1 aromatic carbocycles. The minimum atomic E-state index is -0.267. The molecular weight excluding hydrogens is 326 g/mol. The highest BCUT2D eigenvalue weighted by molar-refractivity contribution is 6.09. The van der Waals surface area contributed by atoms with Crippen LogP contribution in [0.4, 0.5) is 0 Å². The molecule has 1 aromatic heterocycles. The normalized spacial score (nSPS) is 15.5. The third kappa shape index (κ3) is 3.68. The van der Waals surface area contributed by atoms with E-state index < -0.39 is 0 Å². The fourth-order valence-corrected chi connectivity index (χ4v) is 3.15. The van der Waals surface area contributed by atoms with E-state index in [4.69, 9.17) is 5.73 Å². The molecule has 0 radical (unpaired) electrons. The molecule has 1 fully saturated rings. The Morgan fingerprint density at radius 2 is 1.67 bits per heavy atom. The molecule has 5 nitrogen and oxygen atoms in total. The van der Waals surface area contributed by atoms with Crippen LogP contribution in [0.5, 0.6) is 0 Å². The van der Waals surface area contributed by atoms with Gasteiger partial charge in [-0.15, -0.1) is 12.4 Å².